The minimum Gasteiger partial charge on any atom is -0.478 e. The number of nitriles is 1. The fraction of sp³-hybridized carbons (Fsp3) is 0.235. The Bertz CT molecular complexity index is 2030. The predicted octanol–water partition coefficient (Wildman–Crippen LogP) is 3.86. The molecule has 0 radical (unpaired) electrons. The number of imidazole rings is 1. The van der Waals surface area contributed by atoms with Gasteiger partial charge in [0.15, 0.2) is 0 Å². The molecule has 0 saturated carbocycles. The first-order valence-electron chi connectivity index (χ1n) is 14.6. The smallest absolute Gasteiger partial charge is 0.333 e. The third-order valence-electron chi connectivity index (χ3n) is 7.90. The molecule has 0 atom stereocenters. The number of benzene rings is 2. The number of anilines is 1. The van der Waals surface area contributed by atoms with Gasteiger partial charge in [0.25, 0.3) is 0 Å². The van der Waals surface area contributed by atoms with Crippen LogP contribution in [0.25, 0.3) is 38.8 Å². The molecule has 234 valence electrons. The van der Waals surface area contributed by atoms with Gasteiger partial charge in [-0.3, -0.25) is 14.1 Å². The molecule has 5 aromatic rings. The quantitative estimate of drug-likeness (QED) is 0.238. The molecule has 1 fully saturated rings. The van der Waals surface area contributed by atoms with Gasteiger partial charge < -0.3 is 20.4 Å². The van der Waals surface area contributed by atoms with Gasteiger partial charge in [-0.2, -0.15) is 5.26 Å². The summed E-state index contributed by atoms with van der Waals surface area (Å²) in [6.45, 7) is 7.61. The highest BCUT2D eigenvalue weighted by Gasteiger charge is 2.21. The number of nitrogens with one attached hydrogen (secondary N) is 1. The van der Waals surface area contributed by atoms with Crippen molar-refractivity contribution >= 4 is 39.7 Å². The van der Waals surface area contributed by atoms with E-state index in [9.17, 15) is 19.6 Å². The highest BCUT2D eigenvalue weighted by atomic mass is 16.4. The molecule has 0 unspecified atom stereocenters. The van der Waals surface area contributed by atoms with E-state index in [0.717, 1.165) is 76.3 Å². The van der Waals surface area contributed by atoms with Crippen LogP contribution in [0.1, 0.15) is 19.4 Å². The van der Waals surface area contributed by atoms with Gasteiger partial charge >= 0.3 is 17.6 Å². The minimum absolute atomic E-state index is 0.144. The molecule has 2 aromatic carbocycles. The summed E-state index contributed by atoms with van der Waals surface area (Å²) < 4.78 is 3.36. The molecule has 6 rings (SSSR count). The molecule has 1 aliphatic rings. The number of aromatic nitrogens is 4. The van der Waals surface area contributed by atoms with Gasteiger partial charge in [-0.15, -0.1) is 0 Å². The molecule has 0 spiro atoms. The van der Waals surface area contributed by atoms with Gasteiger partial charge in [0.2, 0.25) is 0 Å². The first kappa shape index (κ1) is 31.6. The third-order valence-corrected chi connectivity index (χ3v) is 7.90. The van der Waals surface area contributed by atoms with Crippen LogP contribution in [0.2, 0.25) is 0 Å². The van der Waals surface area contributed by atoms with E-state index in [1.165, 1.54) is 0 Å². The molecule has 3 aromatic heterocycles. The SMILES string of the molecule is Cn1c(=O)n(-c2ccc(C(C)(C)C#N)cc2)c2c3cc(-c4ccc(N5CCNCC5)nc4)ccc3ncc21.O=C(O)C=CC(=O)O. The molecule has 46 heavy (non-hydrogen) atoms. The lowest BCUT2D eigenvalue weighted by Crippen LogP contribution is -2.43. The number of aryl methyl sites for hydroxylation is 1. The third kappa shape index (κ3) is 6.50. The molecule has 3 N–H and O–H groups in total. The molecule has 0 amide bonds. The lowest BCUT2D eigenvalue weighted by atomic mass is 9.86. The zero-order chi connectivity index (χ0) is 33.0. The molecule has 12 heteroatoms. The van der Waals surface area contributed by atoms with Crippen molar-refractivity contribution in [3.05, 3.63) is 95.2 Å². The van der Waals surface area contributed by atoms with Crippen LogP contribution >= 0.6 is 0 Å². The second-order valence-corrected chi connectivity index (χ2v) is 11.3. The highest BCUT2D eigenvalue weighted by Crippen LogP contribution is 2.31. The summed E-state index contributed by atoms with van der Waals surface area (Å²) in [6, 6.07) is 20.3. The summed E-state index contributed by atoms with van der Waals surface area (Å²) in [4.78, 5) is 44.2. The van der Waals surface area contributed by atoms with Crippen molar-refractivity contribution in [2.45, 2.75) is 19.3 Å². The number of carboxylic acids is 2. The second kappa shape index (κ2) is 13.1. The number of nitrogens with zero attached hydrogens (tertiary/aromatic N) is 6. The topological polar surface area (TPSA) is 166 Å². The molecular formula is C34H33N7O5. The van der Waals surface area contributed by atoms with E-state index in [1.54, 1.807) is 22.4 Å². The number of piperazine rings is 1. The van der Waals surface area contributed by atoms with Crippen molar-refractivity contribution in [2.75, 3.05) is 31.1 Å². The Balaban J connectivity index is 0.000000463. The maximum Gasteiger partial charge on any atom is 0.333 e. The van der Waals surface area contributed by atoms with Gasteiger partial charge in [0, 0.05) is 62.5 Å². The molecule has 4 heterocycles. The first-order valence-corrected chi connectivity index (χ1v) is 14.6. The lowest BCUT2D eigenvalue weighted by molar-refractivity contribution is -0.134. The van der Waals surface area contributed by atoms with Crippen LogP contribution in [0.15, 0.2) is 83.9 Å². The monoisotopic (exact) mass is 619 g/mol. The molecule has 0 bridgehead atoms. The van der Waals surface area contributed by atoms with Gasteiger partial charge in [0.05, 0.1) is 39.9 Å². The summed E-state index contributed by atoms with van der Waals surface area (Å²) >= 11 is 0. The summed E-state index contributed by atoms with van der Waals surface area (Å²) in [5.41, 5.74) is 5.30. The average Bonchev–Trinajstić information content (AvgIpc) is 3.33. The van der Waals surface area contributed by atoms with E-state index in [4.69, 9.17) is 15.2 Å². The standard InChI is InChI=1S/C30H29N7O.C4H4O4/c1-30(2,19-31)22-6-8-23(9-7-22)37-28-24-16-20(4-10-25(24)33-18-26(28)35(3)29(37)38)21-5-11-27(34-17-21)36-14-12-32-13-15-36;5-3(6)1-2-4(7)8/h4-11,16-18,32H,12-15H2,1-3H3;1-2H,(H,5,6)(H,7,8). The Morgan fingerprint density at radius 2 is 1.59 bits per heavy atom. The zero-order valence-corrected chi connectivity index (χ0v) is 25.6. The van der Waals surface area contributed by atoms with Crippen LogP contribution in [-0.2, 0) is 22.1 Å². The highest BCUT2D eigenvalue weighted by molar-refractivity contribution is 6.04. The number of fused-ring (bicyclic) bond motifs is 3. The Morgan fingerprint density at radius 3 is 2.17 bits per heavy atom. The molecule has 12 nitrogen and oxygen atoms in total. The van der Waals surface area contributed by atoms with Crippen LogP contribution in [-0.4, -0.2) is 67.4 Å². The van der Waals surface area contributed by atoms with Crippen LogP contribution in [0.3, 0.4) is 0 Å². The summed E-state index contributed by atoms with van der Waals surface area (Å²) in [5.74, 6) is -1.53. The fourth-order valence-electron chi connectivity index (χ4n) is 5.29. The number of hydrogen-bond acceptors (Lipinski definition) is 8. The number of carbonyl (C=O) groups is 2. The van der Waals surface area contributed by atoms with E-state index in [-0.39, 0.29) is 5.69 Å². The number of rotatable bonds is 6. The van der Waals surface area contributed by atoms with E-state index in [1.807, 2.05) is 56.4 Å². The Kier molecular flexibility index (Phi) is 8.97. The van der Waals surface area contributed by atoms with E-state index < -0.39 is 17.4 Å². The van der Waals surface area contributed by atoms with Crippen molar-refractivity contribution in [3.63, 3.8) is 0 Å². The largest absolute Gasteiger partial charge is 0.478 e. The fourth-order valence-corrected chi connectivity index (χ4v) is 5.29. The van der Waals surface area contributed by atoms with Crippen molar-refractivity contribution in [1.82, 2.24) is 24.4 Å². The predicted molar refractivity (Wildman–Crippen MR) is 175 cm³/mol. The van der Waals surface area contributed by atoms with Crippen LogP contribution in [0.5, 0.6) is 0 Å². The number of aliphatic carboxylic acids is 2. The zero-order valence-electron chi connectivity index (χ0n) is 25.6. The van der Waals surface area contributed by atoms with E-state index >= 15 is 0 Å². The minimum atomic E-state index is -1.26. The normalized spacial score (nSPS) is 13.4. The van der Waals surface area contributed by atoms with Gasteiger partial charge in [-0.05, 0) is 61.4 Å². The average molecular weight is 620 g/mol. The van der Waals surface area contributed by atoms with Gasteiger partial charge in [0.1, 0.15) is 5.82 Å². The first-order chi connectivity index (χ1) is 22.0. The Labute approximate surface area is 264 Å². The number of carboxylic acid groups (broad SMARTS) is 2. The van der Waals surface area contributed by atoms with Gasteiger partial charge in [-0.1, -0.05) is 18.2 Å². The van der Waals surface area contributed by atoms with Gasteiger partial charge in [-0.25, -0.2) is 19.4 Å². The van der Waals surface area contributed by atoms with Crippen LogP contribution in [0.4, 0.5) is 5.82 Å². The van der Waals surface area contributed by atoms with Crippen LogP contribution < -0.4 is 15.9 Å². The van der Waals surface area contributed by atoms with Crippen LogP contribution in [0, 0.1) is 11.3 Å². The lowest BCUT2D eigenvalue weighted by Gasteiger charge is -2.28. The number of pyridine rings is 2. The molecule has 1 saturated heterocycles. The van der Waals surface area contributed by atoms with E-state index in [2.05, 4.69) is 39.5 Å². The maximum absolute atomic E-state index is 13.4. The molecule has 0 aliphatic carbocycles. The molecule has 1 aliphatic heterocycles. The van der Waals surface area contributed by atoms with Crippen molar-refractivity contribution < 1.29 is 19.8 Å². The van der Waals surface area contributed by atoms with E-state index in [0.29, 0.717) is 12.2 Å². The van der Waals surface area contributed by atoms with Crippen molar-refractivity contribution in [1.29, 1.82) is 5.26 Å². The summed E-state index contributed by atoms with van der Waals surface area (Å²) in [7, 11) is 1.77. The summed E-state index contributed by atoms with van der Waals surface area (Å²) in [6.07, 6.45) is 4.79. The van der Waals surface area contributed by atoms with Crippen molar-refractivity contribution in [3.8, 4) is 22.9 Å². The Hall–Kier alpha value is -5.80. The number of hydrogen-bond donors (Lipinski definition) is 3. The second-order valence-electron chi connectivity index (χ2n) is 11.3. The molecular weight excluding hydrogens is 586 g/mol. The Morgan fingerprint density at radius 1 is 0.935 bits per heavy atom. The summed E-state index contributed by atoms with van der Waals surface area (Å²) in [5, 5.41) is 29.4. The maximum atomic E-state index is 13.4. The van der Waals surface area contributed by atoms with Crippen molar-refractivity contribution in [2.24, 2.45) is 7.05 Å².